The molecule has 7 nitrogen and oxygen atoms in total. The average molecular weight is 483 g/mol. The Morgan fingerprint density at radius 1 is 1.09 bits per heavy atom. The fourth-order valence-corrected chi connectivity index (χ4v) is 5.08. The van der Waals surface area contributed by atoms with Gasteiger partial charge < -0.3 is 15.1 Å². The van der Waals surface area contributed by atoms with Crippen molar-refractivity contribution in [1.29, 1.82) is 0 Å². The summed E-state index contributed by atoms with van der Waals surface area (Å²) in [7, 11) is 1.68. The van der Waals surface area contributed by atoms with Crippen LogP contribution in [0.25, 0.3) is 0 Å². The van der Waals surface area contributed by atoms with Gasteiger partial charge in [0, 0.05) is 44.4 Å². The number of carbonyl (C=O) groups is 3. The number of likely N-dealkylation sites (tertiary alicyclic amines) is 1. The highest BCUT2D eigenvalue weighted by Gasteiger charge is 2.33. The molecule has 2 aromatic carbocycles. The molecule has 1 atom stereocenters. The summed E-state index contributed by atoms with van der Waals surface area (Å²) in [6.07, 6.45) is 3.44. The lowest BCUT2D eigenvalue weighted by Crippen LogP contribution is -2.33. The van der Waals surface area contributed by atoms with Gasteiger partial charge >= 0.3 is 0 Å². The second-order valence-corrected chi connectivity index (χ2v) is 9.67. The first-order valence-electron chi connectivity index (χ1n) is 11.3. The van der Waals surface area contributed by atoms with E-state index in [0.717, 1.165) is 36.7 Å². The van der Waals surface area contributed by atoms with Crippen LogP contribution in [0.2, 0.25) is 0 Å². The molecule has 0 aromatic heterocycles. The van der Waals surface area contributed by atoms with E-state index in [1.54, 1.807) is 48.3 Å². The first-order chi connectivity index (χ1) is 16.4. The Labute approximate surface area is 202 Å². The third-order valence-corrected chi connectivity index (χ3v) is 7.03. The second kappa shape index (κ2) is 10.8. The number of amidine groups is 1. The Hall–Kier alpha value is -3.20. The Kier molecular flexibility index (Phi) is 7.62. The molecule has 0 saturated carbocycles. The number of thioether (sulfide) groups is 1. The molecule has 178 valence electrons. The highest BCUT2D eigenvalue weighted by atomic mass is 32.2. The number of nitrogens with one attached hydrogen (secondary N) is 1. The molecule has 34 heavy (non-hydrogen) atoms. The van der Waals surface area contributed by atoms with Crippen molar-refractivity contribution in [2.75, 3.05) is 25.5 Å². The Bertz CT molecular complexity index is 1080. The molecular formula is C25H27FN4O3S. The minimum Gasteiger partial charge on any atom is -0.351 e. The third kappa shape index (κ3) is 6.02. The largest absolute Gasteiger partial charge is 0.351 e. The molecule has 1 fully saturated rings. The standard InChI is InChI=1S/C25H27FN4O3S/c1-29(16-17-5-9-19(26)10-6-17)24(33)18-7-11-20(12-8-18)27-22(31)15-21-23(32)28-25(34-21)30-13-3-2-4-14-30/h5-12,21H,2-4,13-16H2,1H3,(H,27,31)/t21-/m0/s1. The molecule has 1 N–H and O–H groups in total. The quantitative estimate of drug-likeness (QED) is 0.675. The van der Waals surface area contributed by atoms with E-state index in [1.807, 2.05) is 0 Å². The van der Waals surface area contributed by atoms with Crippen LogP contribution >= 0.6 is 11.8 Å². The van der Waals surface area contributed by atoms with Crippen LogP contribution in [0.3, 0.4) is 0 Å². The van der Waals surface area contributed by atoms with Crippen molar-refractivity contribution in [3.8, 4) is 0 Å². The fraction of sp³-hybridized carbons (Fsp3) is 0.360. The fourth-order valence-electron chi connectivity index (χ4n) is 3.96. The van der Waals surface area contributed by atoms with Gasteiger partial charge in [0.05, 0.1) is 0 Å². The zero-order valence-electron chi connectivity index (χ0n) is 19.0. The van der Waals surface area contributed by atoms with Crippen LogP contribution < -0.4 is 5.32 Å². The van der Waals surface area contributed by atoms with Crippen molar-refractivity contribution < 1.29 is 18.8 Å². The van der Waals surface area contributed by atoms with Crippen LogP contribution in [-0.4, -0.2) is 58.1 Å². The SMILES string of the molecule is CN(Cc1ccc(F)cc1)C(=O)c1ccc(NC(=O)C[C@@H]2SC(N3CCCCC3)=NC2=O)cc1. The lowest BCUT2D eigenvalue weighted by molar-refractivity contribution is -0.121. The Morgan fingerprint density at radius 3 is 2.44 bits per heavy atom. The number of piperidine rings is 1. The highest BCUT2D eigenvalue weighted by Crippen LogP contribution is 2.29. The zero-order valence-corrected chi connectivity index (χ0v) is 19.8. The van der Waals surface area contributed by atoms with Crippen molar-refractivity contribution in [1.82, 2.24) is 9.80 Å². The molecule has 0 unspecified atom stereocenters. The molecule has 2 aliphatic rings. The van der Waals surface area contributed by atoms with Crippen molar-refractivity contribution in [3.63, 3.8) is 0 Å². The van der Waals surface area contributed by atoms with Gasteiger partial charge in [-0.1, -0.05) is 23.9 Å². The maximum absolute atomic E-state index is 13.1. The average Bonchev–Trinajstić information content (AvgIpc) is 3.21. The normalized spacial score (nSPS) is 17.9. The zero-order chi connectivity index (χ0) is 24.1. The van der Waals surface area contributed by atoms with Gasteiger partial charge in [0.2, 0.25) is 5.91 Å². The molecule has 2 heterocycles. The molecule has 1 saturated heterocycles. The van der Waals surface area contributed by atoms with E-state index in [1.165, 1.54) is 30.3 Å². The summed E-state index contributed by atoms with van der Waals surface area (Å²) < 4.78 is 13.1. The van der Waals surface area contributed by atoms with Crippen molar-refractivity contribution in [3.05, 3.63) is 65.5 Å². The number of anilines is 1. The summed E-state index contributed by atoms with van der Waals surface area (Å²) in [5.41, 5.74) is 1.85. The summed E-state index contributed by atoms with van der Waals surface area (Å²) in [5.74, 6) is -1.03. The van der Waals surface area contributed by atoms with E-state index in [-0.39, 0.29) is 30.0 Å². The second-order valence-electron chi connectivity index (χ2n) is 8.50. The number of benzene rings is 2. The van der Waals surface area contributed by atoms with Gasteiger partial charge in [-0.05, 0) is 61.2 Å². The molecule has 2 aromatic rings. The first-order valence-corrected chi connectivity index (χ1v) is 12.2. The summed E-state index contributed by atoms with van der Waals surface area (Å²) in [6, 6.07) is 12.6. The van der Waals surface area contributed by atoms with E-state index < -0.39 is 5.25 Å². The number of amides is 3. The predicted molar refractivity (Wildman–Crippen MR) is 131 cm³/mol. The predicted octanol–water partition coefficient (Wildman–Crippen LogP) is 3.91. The molecule has 0 spiro atoms. The third-order valence-electron chi connectivity index (χ3n) is 5.82. The molecule has 0 aliphatic carbocycles. The van der Waals surface area contributed by atoms with E-state index >= 15 is 0 Å². The van der Waals surface area contributed by atoms with Crippen LogP contribution in [-0.2, 0) is 16.1 Å². The molecule has 3 amide bonds. The van der Waals surface area contributed by atoms with Gasteiger partial charge in [0.25, 0.3) is 11.8 Å². The van der Waals surface area contributed by atoms with E-state index in [0.29, 0.717) is 17.8 Å². The van der Waals surface area contributed by atoms with Gasteiger partial charge in [0.1, 0.15) is 11.1 Å². The van der Waals surface area contributed by atoms with Crippen molar-refractivity contribution in [2.24, 2.45) is 4.99 Å². The van der Waals surface area contributed by atoms with Crippen LogP contribution in [0.1, 0.15) is 41.6 Å². The maximum atomic E-state index is 13.1. The van der Waals surface area contributed by atoms with Gasteiger partial charge in [0.15, 0.2) is 5.17 Å². The van der Waals surface area contributed by atoms with E-state index in [2.05, 4.69) is 15.2 Å². The van der Waals surface area contributed by atoms with E-state index in [4.69, 9.17) is 0 Å². The van der Waals surface area contributed by atoms with Crippen LogP contribution in [0.4, 0.5) is 10.1 Å². The van der Waals surface area contributed by atoms with Crippen molar-refractivity contribution >= 4 is 40.3 Å². The lowest BCUT2D eigenvalue weighted by atomic mass is 10.1. The number of aliphatic imine (C=N–C) groups is 1. The maximum Gasteiger partial charge on any atom is 0.262 e. The van der Waals surface area contributed by atoms with Gasteiger partial charge in [-0.2, -0.15) is 4.99 Å². The van der Waals surface area contributed by atoms with Gasteiger partial charge in [-0.15, -0.1) is 0 Å². The van der Waals surface area contributed by atoms with Crippen LogP contribution in [0.15, 0.2) is 53.5 Å². The summed E-state index contributed by atoms with van der Waals surface area (Å²) in [6.45, 7) is 2.16. The Morgan fingerprint density at radius 2 is 1.76 bits per heavy atom. The highest BCUT2D eigenvalue weighted by molar-refractivity contribution is 8.15. The summed E-state index contributed by atoms with van der Waals surface area (Å²) >= 11 is 1.37. The molecule has 0 radical (unpaired) electrons. The van der Waals surface area contributed by atoms with Crippen molar-refractivity contribution in [2.45, 2.75) is 37.5 Å². The smallest absolute Gasteiger partial charge is 0.262 e. The molecular weight excluding hydrogens is 455 g/mol. The number of carbonyl (C=O) groups excluding carboxylic acids is 3. The molecule has 4 rings (SSSR count). The number of halogens is 1. The topological polar surface area (TPSA) is 82.1 Å². The number of hydrogen-bond acceptors (Lipinski definition) is 5. The number of hydrogen-bond donors (Lipinski definition) is 1. The number of rotatable bonds is 6. The van der Waals surface area contributed by atoms with Gasteiger partial charge in [-0.25, -0.2) is 4.39 Å². The minimum atomic E-state index is -0.502. The summed E-state index contributed by atoms with van der Waals surface area (Å²) in [5, 5.41) is 3.02. The molecule has 2 aliphatic heterocycles. The first kappa shape index (κ1) is 23.9. The lowest BCUT2D eigenvalue weighted by Gasteiger charge is -2.27. The monoisotopic (exact) mass is 482 g/mol. The van der Waals surface area contributed by atoms with E-state index in [9.17, 15) is 18.8 Å². The summed E-state index contributed by atoms with van der Waals surface area (Å²) in [4.78, 5) is 45.3. The Balaban J connectivity index is 1.27. The molecule has 0 bridgehead atoms. The van der Waals surface area contributed by atoms with Crippen LogP contribution in [0, 0.1) is 5.82 Å². The molecule has 9 heteroatoms. The minimum absolute atomic E-state index is 0.0471. The van der Waals surface area contributed by atoms with Gasteiger partial charge in [-0.3, -0.25) is 14.4 Å². The number of nitrogens with zero attached hydrogens (tertiary/aromatic N) is 3. The van der Waals surface area contributed by atoms with Crippen LogP contribution in [0.5, 0.6) is 0 Å².